The van der Waals surface area contributed by atoms with Crippen molar-refractivity contribution >= 4 is 46.2 Å². The highest BCUT2D eigenvalue weighted by molar-refractivity contribution is 8.38. The van der Waals surface area contributed by atoms with Crippen LogP contribution in [0.3, 0.4) is 0 Å². The molecule has 20 heavy (non-hydrogen) atoms. The van der Waals surface area contributed by atoms with Crippen molar-refractivity contribution in [2.45, 2.75) is 31.4 Å². The summed E-state index contributed by atoms with van der Waals surface area (Å²) in [6.45, 7) is 0. The van der Waals surface area contributed by atoms with Gasteiger partial charge in [0.15, 0.2) is 0 Å². The third-order valence-corrected chi connectivity index (χ3v) is 5.78. The van der Waals surface area contributed by atoms with E-state index in [0.29, 0.717) is 0 Å². The molecule has 1 heterocycles. The first kappa shape index (κ1) is 16.1. The number of fused-ring (bicyclic) bond motifs is 1. The molecule has 0 aromatic heterocycles. The molecule has 2 rings (SSSR count). The number of hydrogen-bond acceptors (Lipinski definition) is 5. The Bertz CT molecular complexity index is 462. The molecule has 0 bridgehead atoms. The summed E-state index contributed by atoms with van der Waals surface area (Å²) in [5.74, 6) is 4.09. The monoisotopic (exact) mass is 327 g/mol. The molecule has 1 aliphatic heterocycles. The molecule has 0 radical (unpaired) electrons. The Morgan fingerprint density at radius 3 is 2.95 bits per heavy atom. The number of rotatable bonds is 7. The van der Waals surface area contributed by atoms with Crippen LogP contribution in [-0.4, -0.2) is 23.0 Å². The van der Waals surface area contributed by atoms with Crippen LogP contribution in [0.25, 0.3) is 0 Å². The van der Waals surface area contributed by atoms with E-state index in [2.05, 4.69) is 24.8 Å². The summed E-state index contributed by atoms with van der Waals surface area (Å²) in [6.07, 6.45) is 5.11. The Morgan fingerprint density at radius 2 is 2.15 bits per heavy atom. The molecule has 0 atom stereocenters. The number of aliphatic imine (C=N–C) groups is 1. The van der Waals surface area contributed by atoms with Gasteiger partial charge in [-0.05, 0) is 42.4 Å². The van der Waals surface area contributed by atoms with Crippen molar-refractivity contribution in [3.63, 3.8) is 0 Å². The maximum absolute atomic E-state index is 5.25. The Kier molecular flexibility index (Phi) is 7.17. The van der Waals surface area contributed by atoms with Crippen LogP contribution in [0.15, 0.2) is 23.2 Å². The van der Waals surface area contributed by atoms with Gasteiger partial charge in [-0.25, -0.2) is 4.99 Å². The number of methoxy groups -OCH3 is 1. The molecule has 0 saturated carbocycles. The minimum Gasteiger partial charge on any atom is -0.497 e. The van der Waals surface area contributed by atoms with Gasteiger partial charge in [-0.2, -0.15) is 12.6 Å². The fourth-order valence-electron chi connectivity index (χ4n) is 1.98. The van der Waals surface area contributed by atoms with Crippen molar-refractivity contribution in [2.75, 3.05) is 18.6 Å². The maximum atomic E-state index is 5.25. The second-order valence-electron chi connectivity index (χ2n) is 4.65. The Balaban J connectivity index is 1.80. The van der Waals surface area contributed by atoms with E-state index in [0.717, 1.165) is 22.9 Å². The Morgan fingerprint density at radius 1 is 1.30 bits per heavy atom. The van der Waals surface area contributed by atoms with Gasteiger partial charge in [0.05, 0.1) is 12.8 Å². The zero-order valence-corrected chi connectivity index (χ0v) is 14.3. The van der Waals surface area contributed by atoms with Crippen LogP contribution in [0.2, 0.25) is 0 Å². The van der Waals surface area contributed by atoms with E-state index in [-0.39, 0.29) is 0 Å². The van der Waals surface area contributed by atoms with Crippen molar-refractivity contribution in [2.24, 2.45) is 4.99 Å². The van der Waals surface area contributed by atoms with E-state index in [4.69, 9.17) is 9.73 Å². The topological polar surface area (TPSA) is 21.6 Å². The first-order chi connectivity index (χ1) is 9.83. The van der Waals surface area contributed by atoms with Gasteiger partial charge in [-0.3, -0.25) is 0 Å². The van der Waals surface area contributed by atoms with Crippen LogP contribution in [0.4, 0.5) is 5.69 Å². The van der Waals surface area contributed by atoms with Crippen LogP contribution in [0.5, 0.6) is 5.75 Å². The van der Waals surface area contributed by atoms with E-state index in [9.17, 15) is 0 Å². The molecule has 1 aromatic carbocycles. The van der Waals surface area contributed by atoms with E-state index in [1.165, 1.54) is 41.4 Å². The van der Waals surface area contributed by atoms with Crippen LogP contribution in [-0.2, 0) is 5.75 Å². The molecule has 0 aliphatic carbocycles. The molecule has 110 valence electrons. The van der Waals surface area contributed by atoms with E-state index >= 15 is 0 Å². The molecule has 0 unspecified atom stereocenters. The number of nitrogens with zero attached hydrogens (tertiary/aromatic N) is 1. The summed E-state index contributed by atoms with van der Waals surface area (Å²) in [5, 5.41) is 0. The predicted octanol–water partition coefficient (Wildman–Crippen LogP) is 5.15. The second-order valence-corrected chi connectivity index (χ2v) is 7.40. The van der Waals surface area contributed by atoms with E-state index < -0.39 is 0 Å². The van der Waals surface area contributed by atoms with Crippen LogP contribution < -0.4 is 4.74 Å². The molecule has 1 aromatic rings. The fourth-order valence-corrected chi connectivity index (χ4v) is 4.33. The van der Waals surface area contributed by atoms with Crippen LogP contribution >= 0.6 is 36.2 Å². The maximum Gasteiger partial charge on any atom is 0.130 e. The molecule has 0 N–H and O–H groups in total. The number of thiol groups is 1. The van der Waals surface area contributed by atoms with Gasteiger partial charge in [-0.15, -0.1) is 0 Å². The Hall–Kier alpha value is -0.260. The van der Waals surface area contributed by atoms with Crippen molar-refractivity contribution < 1.29 is 4.74 Å². The molecule has 0 fully saturated rings. The molecule has 1 aliphatic rings. The number of thioether (sulfide) groups is 2. The van der Waals surface area contributed by atoms with Gasteiger partial charge < -0.3 is 4.74 Å². The third kappa shape index (κ3) is 4.93. The highest BCUT2D eigenvalue weighted by Crippen LogP contribution is 2.36. The summed E-state index contributed by atoms with van der Waals surface area (Å²) in [5.41, 5.74) is 2.37. The van der Waals surface area contributed by atoms with Gasteiger partial charge in [-0.1, -0.05) is 36.4 Å². The molecule has 0 saturated heterocycles. The first-order valence-corrected chi connectivity index (χ1v) is 9.56. The average Bonchev–Trinajstić information content (AvgIpc) is 2.50. The van der Waals surface area contributed by atoms with Crippen molar-refractivity contribution in [1.29, 1.82) is 0 Å². The SMILES string of the molecule is COc1ccc2c(c1)CSC(SCCCCCCS)=N2. The third-order valence-electron chi connectivity index (χ3n) is 3.13. The number of ether oxygens (including phenoxy) is 1. The van der Waals surface area contributed by atoms with Crippen molar-refractivity contribution in [3.05, 3.63) is 23.8 Å². The molecule has 0 spiro atoms. The second kappa shape index (κ2) is 8.90. The molecule has 5 heteroatoms. The molecular weight excluding hydrogens is 306 g/mol. The Labute approximate surface area is 135 Å². The molecule has 0 amide bonds. The summed E-state index contributed by atoms with van der Waals surface area (Å²) in [4.78, 5) is 4.73. The number of benzene rings is 1. The number of hydrogen-bond donors (Lipinski definition) is 1. The van der Waals surface area contributed by atoms with Gasteiger partial charge in [0.2, 0.25) is 0 Å². The lowest BCUT2D eigenvalue weighted by atomic mass is 10.2. The van der Waals surface area contributed by atoms with Gasteiger partial charge in [0.1, 0.15) is 10.1 Å². The van der Waals surface area contributed by atoms with Crippen LogP contribution in [0, 0.1) is 0 Å². The number of unbranched alkanes of at least 4 members (excludes halogenated alkanes) is 3. The van der Waals surface area contributed by atoms with Gasteiger partial charge in [0.25, 0.3) is 0 Å². The minimum absolute atomic E-state index is 0.917. The van der Waals surface area contributed by atoms with Crippen molar-refractivity contribution in [3.8, 4) is 5.75 Å². The summed E-state index contributed by atoms with van der Waals surface area (Å²) in [6, 6.07) is 6.13. The van der Waals surface area contributed by atoms with Crippen molar-refractivity contribution in [1.82, 2.24) is 0 Å². The summed E-state index contributed by atoms with van der Waals surface area (Å²) >= 11 is 7.96. The lowest BCUT2D eigenvalue weighted by molar-refractivity contribution is 0.414. The van der Waals surface area contributed by atoms with E-state index in [1.54, 1.807) is 7.11 Å². The van der Waals surface area contributed by atoms with E-state index in [1.807, 2.05) is 29.6 Å². The zero-order valence-electron chi connectivity index (χ0n) is 11.8. The molecular formula is C15H21NOS3. The van der Waals surface area contributed by atoms with Gasteiger partial charge >= 0.3 is 0 Å². The smallest absolute Gasteiger partial charge is 0.130 e. The lowest BCUT2D eigenvalue weighted by Crippen LogP contribution is -1.97. The predicted molar refractivity (Wildman–Crippen MR) is 96.2 cm³/mol. The minimum atomic E-state index is 0.917. The molecule has 2 nitrogen and oxygen atoms in total. The zero-order chi connectivity index (χ0) is 14.2. The highest BCUT2D eigenvalue weighted by Gasteiger charge is 2.13. The quantitative estimate of drug-likeness (QED) is 0.552. The average molecular weight is 328 g/mol. The standard InChI is InChI=1S/C15H21NOS3/c1-17-13-6-7-14-12(10-13)11-20-15(16-14)19-9-5-3-2-4-8-18/h6-7,10,18H,2-5,8-9,11H2,1H3. The van der Waals surface area contributed by atoms with Gasteiger partial charge in [0, 0.05) is 11.5 Å². The van der Waals surface area contributed by atoms with Crippen LogP contribution in [0.1, 0.15) is 31.2 Å². The lowest BCUT2D eigenvalue weighted by Gasteiger charge is -2.15. The fraction of sp³-hybridized carbons (Fsp3) is 0.533. The summed E-state index contributed by atoms with van der Waals surface area (Å²) in [7, 11) is 1.70. The largest absolute Gasteiger partial charge is 0.497 e. The first-order valence-electron chi connectivity index (χ1n) is 6.95. The highest BCUT2D eigenvalue weighted by atomic mass is 32.2. The normalized spacial score (nSPS) is 13.8. The summed E-state index contributed by atoms with van der Waals surface area (Å²) < 4.78 is 6.46.